The van der Waals surface area contributed by atoms with E-state index in [4.69, 9.17) is 16.3 Å². The average molecular weight is 264 g/mol. The van der Waals surface area contributed by atoms with E-state index >= 15 is 0 Å². The highest BCUT2D eigenvalue weighted by Crippen LogP contribution is 2.25. The van der Waals surface area contributed by atoms with E-state index in [9.17, 15) is 4.79 Å². The molecule has 0 unspecified atom stereocenters. The second-order valence-corrected chi connectivity index (χ2v) is 4.24. The zero-order valence-corrected chi connectivity index (χ0v) is 10.8. The summed E-state index contributed by atoms with van der Waals surface area (Å²) in [6.45, 7) is 2.42. The molecule has 0 aliphatic heterocycles. The lowest BCUT2D eigenvalue weighted by Crippen LogP contribution is -2.04. The molecule has 0 saturated heterocycles. The quantitative estimate of drug-likeness (QED) is 0.681. The molecule has 2 aromatic rings. The number of hydrogen-bond donors (Lipinski definition) is 1. The molecule has 0 amide bonds. The van der Waals surface area contributed by atoms with Crippen molar-refractivity contribution in [1.29, 1.82) is 0 Å². The van der Waals surface area contributed by atoms with Crippen LogP contribution in [0.3, 0.4) is 0 Å². The van der Waals surface area contributed by atoms with Crippen LogP contribution in [-0.2, 0) is 0 Å². The summed E-state index contributed by atoms with van der Waals surface area (Å²) in [5.74, 6) is 1.23. The van der Waals surface area contributed by atoms with Crippen molar-refractivity contribution in [1.82, 2.24) is 4.98 Å². The average Bonchev–Trinajstić information content (AvgIpc) is 2.37. The summed E-state index contributed by atoms with van der Waals surface area (Å²) in [5.41, 5.74) is 1.73. The molecular formula is C14H14ClNO2. The summed E-state index contributed by atoms with van der Waals surface area (Å²) < 4.78 is 5.65. The Morgan fingerprint density at radius 2 is 2.11 bits per heavy atom. The van der Waals surface area contributed by atoms with Gasteiger partial charge in [-0.1, -0.05) is 18.2 Å². The van der Waals surface area contributed by atoms with E-state index in [1.807, 2.05) is 31.2 Å². The largest absolute Gasteiger partial charge is 0.489 e. The number of alkyl halides is 1. The third-order valence-corrected chi connectivity index (χ3v) is 2.83. The summed E-state index contributed by atoms with van der Waals surface area (Å²) in [4.78, 5) is 14.1. The molecule has 2 rings (SSSR count). The minimum Gasteiger partial charge on any atom is -0.489 e. The minimum atomic E-state index is -0.107. The topological polar surface area (TPSA) is 42.1 Å². The molecule has 0 spiro atoms. The van der Waals surface area contributed by atoms with Crippen LogP contribution in [0.4, 0.5) is 0 Å². The normalized spacial score (nSPS) is 11.2. The van der Waals surface area contributed by atoms with Crippen LogP contribution < -0.4 is 10.3 Å². The molecule has 0 radical (unpaired) electrons. The lowest BCUT2D eigenvalue weighted by molar-refractivity contribution is 0.367. The minimum absolute atomic E-state index is 0.107. The first-order valence-corrected chi connectivity index (χ1v) is 6.22. The first-order valence-electron chi connectivity index (χ1n) is 5.69. The van der Waals surface area contributed by atoms with Crippen LogP contribution in [0.5, 0.6) is 5.75 Å². The van der Waals surface area contributed by atoms with Crippen LogP contribution in [0.2, 0.25) is 0 Å². The van der Waals surface area contributed by atoms with E-state index < -0.39 is 0 Å². The fourth-order valence-corrected chi connectivity index (χ4v) is 1.89. The van der Waals surface area contributed by atoms with Crippen LogP contribution in [-0.4, -0.2) is 17.5 Å². The van der Waals surface area contributed by atoms with Gasteiger partial charge in [0.2, 0.25) is 5.56 Å². The third kappa shape index (κ3) is 2.74. The lowest BCUT2D eigenvalue weighted by Gasteiger charge is -2.09. The predicted octanol–water partition coefficient (Wildman–Crippen LogP) is 3.01. The maximum absolute atomic E-state index is 11.3. The van der Waals surface area contributed by atoms with Gasteiger partial charge in [0.05, 0.1) is 5.52 Å². The molecule has 1 aromatic heterocycles. The summed E-state index contributed by atoms with van der Waals surface area (Å²) in [5, 5.41) is 0.911. The van der Waals surface area contributed by atoms with E-state index in [0.29, 0.717) is 12.5 Å². The Balaban J connectivity index is 2.37. The third-order valence-electron chi connectivity index (χ3n) is 2.65. The van der Waals surface area contributed by atoms with E-state index in [-0.39, 0.29) is 5.56 Å². The Morgan fingerprint density at radius 1 is 1.28 bits per heavy atom. The Bertz CT molecular complexity index is 631. The van der Waals surface area contributed by atoms with Crippen molar-refractivity contribution in [2.24, 2.45) is 0 Å². The number of H-pyrrole nitrogens is 1. The number of nitrogens with one attached hydrogen (secondary N) is 1. The lowest BCUT2D eigenvalue weighted by atomic mass is 10.1. The van der Waals surface area contributed by atoms with E-state index in [2.05, 4.69) is 4.98 Å². The first kappa shape index (κ1) is 12.7. The van der Waals surface area contributed by atoms with Crippen molar-refractivity contribution in [2.45, 2.75) is 6.92 Å². The number of aromatic nitrogens is 1. The van der Waals surface area contributed by atoms with Gasteiger partial charge >= 0.3 is 0 Å². The van der Waals surface area contributed by atoms with Gasteiger partial charge in [0, 0.05) is 17.3 Å². The smallest absolute Gasteiger partial charge is 0.248 e. The van der Waals surface area contributed by atoms with Gasteiger partial charge in [-0.15, -0.1) is 11.6 Å². The molecule has 0 saturated carbocycles. The van der Waals surface area contributed by atoms with Crippen molar-refractivity contribution in [2.75, 3.05) is 12.5 Å². The molecule has 1 heterocycles. The van der Waals surface area contributed by atoms with Crippen LogP contribution in [0.15, 0.2) is 41.2 Å². The van der Waals surface area contributed by atoms with Gasteiger partial charge in [-0.25, -0.2) is 0 Å². The zero-order valence-electron chi connectivity index (χ0n) is 10.1. The standard InChI is InChI=1S/C14H14ClNO2/c1-10-4-6-12(18-9-3-2-8-15)11-5-7-13(17)16-14(10)11/h2-7H,8-9H2,1H3,(H,16,17). The molecule has 4 heteroatoms. The number of pyridine rings is 1. The summed E-state index contributed by atoms with van der Waals surface area (Å²) in [6, 6.07) is 7.12. The highest BCUT2D eigenvalue weighted by Gasteiger charge is 2.04. The molecule has 0 atom stereocenters. The summed E-state index contributed by atoms with van der Waals surface area (Å²) >= 11 is 5.53. The van der Waals surface area contributed by atoms with E-state index in [1.165, 1.54) is 6.07 Å². The van der Waals surface area contributed by atoms with Crippen LogP contribution >= 0.6 is 11.6 Å². The van der Waals surface area contributed by atoms with E-state index in [0.717, 1.165) is 22.2 Å². The first-order chi connectivity index (χ1) is 8.72. The monoisotopic (exact) mass is 263 g/mol. The van der Waals surface area contributed by atoms with Gasteiger partial charge in [0.25, 0.3) is 0 Å². The molecule has 0 aliphatic rings. The van der Waals surface area contributed by atoms with Gasteiger partial charge < -0.3 is 9.72 Å². The Labute approximate surface area is 110 Å². The molecule has 0 aliphatic carbocycles. The SMILES string of the molecule is Cc1ccc(OCC=CCCl)c2ccc(=O)[nH]c12. The van der Waals surface area contributed by atoms with Gasteiger partial charge in [0.15, 0.2) is 0 Å². The molecule has 1 aromatic carbocycles. The second-order valence-electron chi connectivity index (χ2n) is 3.93. The number of hydrogen-bond acceptors (Lipinski definition) is 2. The fraction of sp³-hybridized carbons (Fsp3) is 0.214. The zero-order chi connectivity index (χ0) is 13.0. The molecule has 0 bridgehead atoms. The number of fused-ring (bicyclic) bond motifs is 1. The number of allylic oxidation sites excluding steroid dienone is 1. The molecule has 94 valence electrons. The van der Waals surface area contributed by atoms with E-state index in [1.54, 1.807) is 6.07 Å². The second kappa shape index (κ2) is 5.74. The van der Waals surface area contributed by atoms with Crippen molar-refractivity contribution in [3.8, 4) is 5.75 Å². The number of rotatable bonds is 4. The number of benzene rings is 1. The summed E-state index contributed by atoms with van der Waals surface area (Å²) in [7, 11) is 0. The number of ether oxygens (including phenoxy) is 1. The highest BCUT2D eigenvalue weighted by atomic mass is 35.5. The number of aryl methyl sites for hydroxylation is 1. The molecule has 0 fully saturated rings. The Hall–Kier alpha value is -1.74. The van der Waals surface area contributed by atoms with Crippen molar-refractivity contribution >= 4 is 22.5 Å². The van der Waals surface area contributed by atoms with Crippen molar-refractivity contribution in [3.63, 3.8) is 0 Å². The number of halogens is 1. The van der Waals surface area contributed by atoms with Gasteiger partial charge in [-0.05, 0) is 24.6 Å². The molecule has 18 heavy (non-hydrogen) atoms. The van der Waals surface area contributed by atoms with Gasteiger partial charge in [-0.3, -0.25) is 4.79 Å². The molecule has 3 nitrogen and oxygen atoms in total. The maximum atomic E-state index is 11.3. The van der Waals surface area contributed by atoms with Crippen molar-refractivity contribution < 1.29 is 4.74 Å². The number of aromatic amines is 1. The Kier molecular flexibility index (Phi) is 4.05. The highest BCUT2D eigenvalue weighted by molar-refractivity contribution is 6.18. The van der Waals surface area contributed by atoms with Gasteiger partial charge in [0.1, 0.15) is 12.4 Å². The molecule has 1 N–H and O–H groups in total. The van der Waals surface area contributed by atoms with Crippen LogP contribution in [0.1, 0.15) is 5.56 Å². The fourth-order valence-electron chi connectivity index (χ4n) is 1.76. The summed E-state index contributed by atoms with van der Waals surface area (Å²) in [6.07, 6.45) is 3.70. The van der Waals surface area contributed by atoms with Crippen LogP contribution in [0.25, 0.3) is 10.9 Å². The maximum Gasteiger partial charge on any atom is 0.248 e. The van der Waals surface area contributed by atoms with Crippen molar-refractivity contribution in [3.05, 3.63) is 52.3 Å². The van der Waals surface area contributed by atoms with Crippen LogP contribution in [0, 0.1) is 6.92 Å². The van der Waals surface area contributed by atoms with Gasteiger partial charge in [-0.2, -0.15) is 0 Å². The Morgan fingerprint density at radius 3 is 2.89 bits per heavy atom. The predicted molar refractivity (Wildman–Crippen MR) is 74.7 cm³/mol. The molecular weight excluding hydrogens is 250 g/mol.